The van der Waals surface area contributed by atoms with E-state index in [4.69, 9.17) is 23.7 Å². The molecule has 0 unspecified atom stereocenters. The Morgan fingerprint density at radius 2 is 0.917 bits per heavy atom. The van der Waals surface area contributed by atoms with Gasteiger partial charge in [0.1, 0.15) is 12.7 Å². The number of hydrogen-bond acceptors (Lipinski definition) is 9. The van der Waals surface area contributed by atoms with Crippen LogP contribution in [0.3, 0.4) is 0 Å². The average molecular weight is 519 g/mol. The first-order chi connectivity index (χ1) is 16.0. The summed E-state index contributed by atoms with van der Waals surface area (Å²) in [6.07, 6.45) is -8.30. The zero-order chi connectivity index (χ0) is 28.4. The van der Waals surface area contributed by atoms with Crippen LogP contribution in [0.25, 0.3) is 0 Å². The lowest BCUT2D eigenvalue weighted by Crippen LogP contribution is -2.62. The highest BCUT2D eigenvalue weighted by Crippen LogP contribution is 2.34. The summed E-state index contributed by atoms with van der Waals surface area (Å²) in [6.45, 7) is 18.8. The lowest BCUT2D eigenvalue weighted by atomic mass is 9.93. The third-order valence-corrected chi connectivity index (χ3v) is 5.13. The molecule has 36 heavy (non-hydrogen) atoms. The van der Waals surface area contributed by atoms with Gasteiger partial charge in [0.15, 0.2) is 18.3 Å². The highest BCUT2D eigenvalue weighted by Gasteiger charge is 2.55. The maximum Gasteiger partial charge on any atom is 0.311 e. The number of carbonyl (C=O) groups excluding carboxylic acids is 4. The van der Waals surface area contributed by atoms with Gasteiger partial charge in [-0.2, -0.15) is 0 Å². The Hall–Kier alpha value is -2.23. The Morgan fingerprint density at radius 3 is 1.28 bits per heavy atom. The molecule has 1 fully saturated rings. The lowest BCUT2D eigenvalue weighted by molar-refractivity contribution is -0.283. The van der Waals surface area contributed by atoms with Crippen LogP contribution in [0.5, 0.6) is 0 Å². The van der Waals surface area contributed by atoms with E-state index in [-0.39, 0.29) is 0 Å². The maximum absolute atomic E-state index is 15.4. The van der Waals surface area contributed by atoms with E-state index in [2.05, 4.69) is 0 Å². The van der Waals surface area contributed by atoms with Crippen molar-refractivity contribution in [2.24, 2.45) is 21.7 Å². The predicted octanol–water partition coefficient (Wildman–Crippen LogP) is 4.14. The molecule has 0 saturated carbocycles. The summed E-state index contributed by atoms with van der Waals surface area (Å²) < 4.78 is 42.8. The molecule has 0 N–H and O–H groups in total. The van der Waals surface area contributed by atoms with Crippen LogP contribution in [0.4, 0.5) is 4.39 Å². The van der Waals surface area contributed by atoms with Gasteiger partial charge >= 0.3 is 23.9 Å². The molecule has 0 bridgehead atoms. The first-order valence-electron chi connectivity index (χ1n) is 12.1. The summed E-state index contributed by atoms with van der Waals surface area (Å²) in [4.78, 5) is 50.7. The first-order valence-corrected chi connectivity index (χ1v) is 12.1. The lowest BCUT2D eigenvalue weighted by Gasteiger charge is -2.43. The number of halogens is 1. The molecule has 1 saturated heterocycles. The van der Waals surface area contributed by atoms with Crippen LogP contribution in [0.1, 0.15) is 83.1 Å². The minimum absolute atomic E-state index is 0.484. The van der Waals surface area contributed by atoms with Gasteiger partial charge in [-0.25, -0.2) is 4.39 Å². The van der Waals surface area contributed by atoms with Gasteiger partial charge in [-0.3, -0.25) is 19.2 Å². The van der Waals surface area contributed by atoms with Crippen molar-refractivity contribution in [1.29, 1.82) is 0 Å². The molecule has 5 atom stereocenters. The molecule has 1 rings (SSSR count). The Bertz CT molecular complexity index is 824. The average Bonchev–Trinajstić information content (AvgIpc) is 2.67. The molecular formula is C26H43FO9. The molecule has 0 aromatic heterocycles. The maximum atomic E-state index is 15.4. The second kappa shape index (κ2) is 11.0. The van der Waals surface area contributed by atoms with Crippen LogP contribution in [0.2, 0.25) is 0 Å². The van der Waals surface area contributed by atoms with Crippen LogP contribution in [0, 0.1) is 21.7 Å². The molecule has 0 amide bonds. The van der Waals surface area contributed by atoms with Crippen molar-refractivity contribution in [3.05, 3.63) is 0 Å². The highest BCUT2D eigenvalue weighted by atomic mass is 19.1. The predicted molar refractivity (Wildman–Crippen MR) is 128 cm³/mol. The summed E-state index contributed by atoms with van der Waals surface area (Å²) in [6, 6.07) is 0. The quantitative estimate of drug-likeness (QED) is 0.391. The number of esters is 4. The van der Waals surface area contributed by atoms with Crippen LogP contribution >= 0.6 is 0 Å². The van der Waals surface area contributed by atoms with Crippen LogP contribution in [-0.2, 0) is 42.9 Å². The standard InChI is InChI=1S/C26H43FO9/c1-23(2,3)19(28)32-13-14-15(34-20(29)24(4,5)6)16(35-21(30)25(7,8)9)17(18(27)33-14)36-22(31)26(10,11)12/h14-18H,13H2,1-12H3/t14-,15+,16+,17-,18+/m1/s1. The van der Waals surface area contributed by atoms with Gasteiger partial charge in [0.25, 0.3) is 0 Å². The van der Waals surface area contributed by atoms with E-state index in [1.54, 1.807) is 83.1 Å². The van der Waals surface area contributed by atoms with Gasteiger partial charge < -0.3 is 23.7 Å². The second-order valence-electron chi connectivity index (χ2n) is 13.2. The summed E-state index contributed by atoms with van der Waals surface area (Å²) >= 11 is 0. The Kier molecular flexibility index (Phi) is 9.74. The van der Waals surface area contributed by atoms with Crippen molar-refractivity contribution in [1.82, 2.24) is 0 Å². The zero-order valence-corrected chi connectivity index (χ0v) is 23.6. The van der Waals surface area contributed by atoms with Gasteiger partial charge in [0.2, 0.25) is 6.36 Å². The van der Waals surface area contributed by atoms with Crippen LogP contribution in [0.15, 0.2) is 0 Å². The van der Waals surface area contributed by atoms with Crippen molar-refractivity contribution in [3.8, 4) is 0 Å². The number of rotatable bonds is 5. The highest BCUT2D eigenvalue weighted by molar-refractivity contribution is 5.78. The molecule has 1 heterocycles. The molecule has 1 aliphatic rings. The van der Waals surface area contributed by atoms with E-state index in [0.29, 0.717) is 0 Å². The van der Waals surface area contributed by atoms with E-state index < -0.39 is 82.9 Å². The van der Waals surface area contributed by atoms with E-state index >= 15 is 4.39 Å². The third kappa shape index (κ3) is 8.71. The van der Waals surface area contributed by atoms with Crippen molar-refractivity contribution in [3.63, 3.8) is 0 Å². The fourth-order valence-electron chi connectivity index (χ4n) is 2.68. The SMILES string of the molecule is CC(C)(C)C(=O)OC[C@H]1O[C@H](F)[C@H](OC(=O)C(C)(C)C)[C@@H](OC(=O)C(C)(C)C)[C@H]1OC(=O)C(C)(C)C. The van der Waals surface area contributed by atoms with Crippen molar-refractivity contribution in [2.75, 3.05) is 6.61 Å². The molecule has 10 heteroatoms. The van der Waals surface area contributed by atoms with Crippen molar-refractivity contribution in [2.45, 2.75) is 114 Å². The van der Waals surface area contributed by atoms with Crippen molar-refractivity contribution < 1.29 is 47.3 Å². The van der Waals surface area contributed by atoms with Gasteiger partial charge in [-0.15, -0.1) is 0 Å². The van der Waals surface area contributed by atoms with Crippen LogP contribution < -0.4 is 0 Å². The molecule has 1 aliphatic heterocycles. The van der Waals surface area contributed by atoms with Gasteiger partial charge in [0, 0.05) is 0 Å². The monoisotopic (exact) mass is 518 g/mol. The number of alkyl halides is 1. The van der Waals surface area contributed by atoms with Gasteiger partial charge in [-0.1, -0.05) is 0 Å². The normalized spacial score (nSPS) is 25.5. The fraction of sp³-hybridized carbons (Fsp3) is 0.846. The summed E-state index contributed by atoms with van der Waals surface area (Å²) in [5, 5.41) is 0. The van der Waals surface area contributed by atoms with E-state index in [1.165, 1.54) is 0 Å². The molecule has 208 valence electrons. The Balaban J connectivity index is 3.50. The number of ether oxygens (including phenoxy) is 5. The Labute approximate surface area is 213 Å². The van der Waals surface area contributed by atoms with E-state index in [1.807, 2.05) is 0 Å². The summed E-state index contributed by atoms with van der Waals surface area (Å²) in [5.41, 5.74) is -3.84. The number of carbonyl (C=O) groups is 4. The molecule has 9 nitrogen and oxygen atoms in total. The summed E-state index contributed by atoms with van der Waals surface area (Å²) in [5.74, 6) is -2.79. The molecule has 0 aromatic rings. The minimum atomic E-state index is -2.25. The molecule has 0 aromatic carbocycles. The summed E-state index contributed by atoms with van der Waals surface area (Å²) in [7, 11) is 0. The largest absolute Gasteiger partial charge is 0.462 e. The van der Waals surface area contributed by atoms with E-state index in [9.17, 15) is 19.2 Å². The molecular weight excluding hydrogens is 475 g/mol. The smallest absolute Gasteiger partial charge is 0.311 e. The fourth-order valence-corrected chi connectivity index (χ4v) is 2.68. The molecule has 0 radical (unpaired) electrons. The van der Waals surface area contributed by atoms with Crippen molar-refractivity contribution >= 4 is 23.9 Å². The molecule has 0 spiro atoms. The minimum Gasteiger partial charge on any atom is -0.462 e. The number of hydrogen-bond donors (Lipinski definition) is 0. The van der Waals surface area contributed by atoms with Gasteiger partial charge in [-0.05, 0) is 83.1 Å². The topological polar surface area (TPSA) is 114 Å². The zero-order valence-electron chi connectivity index (χ0n) is 23.6. The third-order valence-electron chi connectivity index (χ3n) is 5.13. The Morgan fingerprint density at radius 1 is 0.583 bits per heavy atom. The van der Waals surface area contributed by atoms with E-state index in [0.717, 1.165) is 0 Å². The first kappa shape index (κ1) is 31.8. The molecule has 0 aliphatic carbocycles. The van der Waals surface area contributed by atoms with Crippen LogP contribution in [-0.4, -0.2) is 61.3 Å². The second-order valence-corrected chi connectivity index (χ2v) is 13.2. The van der Waals surface area contributed by atoms with Gasteiger partial charge in [0.05, 0.1) is 21.7 Å².